The summed E-state index contributed by atoms with van der Waals surface area (Å²) >= 11 is 3.45. The lowest BCUT2D eigenvalue weighted by atomic mass is 10.0. The number of aryl methyl sites for hydroxylation is 1. The molecule has 5 rings (SSSR count). The molecule has 196 valence electrons. The van der Waals surface area contributed by atoms with E-state index in [1.54, 1.807) is 24.4 Å². The molecular weight excluding hydrogens is 560 g/mol. The number of nitro groups is 1. The fourth-order valence-electron chi connectivity index (χ4n) is 4.34. The number of hydrogen-bond donors (Lipinski definition) is 0. The molecule has 1 aromatic heterocycles. The van der Waals surface area contributed by atoms with Gasteiger partial charge >= 0.3 is 0 Å². The second-order valence-electron chi connectivity index (χ2n) is 9.07. The van der Waals surface area contributed by atoms with Gasteiger partial charge < -0.3 is 4.74 Å². The van der Waals surface area contributed by atoms with E-state index in [2.05, 4.69) is 28.0 Å². The standard InChI is InChI=1S/C30H25BrN4O4/c1-2-3-8-29-33-27-15-12-22(31)17-25(27)30(36)34(29)32-18-26-24-7-5-4-6-21(24)11-16-28(26)39-19-20-9-13-23(14-10-20)35(37)38/h4-7,9-18H,2-3,8,19H2,1H3. The maximum absolute atomic E-state index is 13.5. The Hall–Kier alpha value is -4.37. The molecule has 0 aliphatic heterocycles. The third-order valence-electron chi connectivity index (χ3n) is 6.40. The van der Waals surface area contributed by atoms with E-state index < -0.39 is 4.92 Å². The van der Waals surface area contributed by atoms with Crippen LogP contribution in [0.2, 0.25) is 0 Å². The molecule has 0 aliphatic rings. The Morgan fingerprint density at radius 1 is 1.05 bits per heavy atom. The summed E-state index contributed by atoms with van der Waals surface area (Å²) in [6.07, 6.45) is 4.10. The molecule has 39 heavy (non-hydrogen) atoms. The van der Waals surface area contributed by atoms with Gasteiger partial charge in [-0.2, -0.15) is 9.78 Å². The van der Waals surface area contributed by atoms with E-state index in [4.69, 9.17) is 9.72 Å². The first-order valence-corrected chi connectivity index (χ1v) is 13.4. The lowest BCUT2D eigenvalue weighted by Gasteiger charge is -2.13. The molecule has 0 spiro atoms. The summed E-state index contributed by atoms with van der Waals surface area (Å²) in [5.41, 5.74) is 1.93. The molecule has 0 bridgehead atoms. The molecule has 1 heterocycles. The summed E-state index contributed by atoms with van der Waals surface area (Å²) in [6, 6.07) is 23.4. The second kappa shape index (κ2) is 11.6. The van der Waals surface area contributed by atoms with Crippen molar-refractivity contribution in [1.29, 1.82) is 0 Å². The molecule has 0 N–H and O–H groups in total. The summed E-state index contributed by atoms with van der Waals surface area (Å²) in [6.45, 7) is 2.30. The van der Waals surface area contributed by atoms with Crippen LogP contribution in [0.5, 0.6) is 5.75 Å². The number of benzene rings is 4. The zero-order chi connectivity index (χ0) is 27.4. The van der Waals surface area contributed by atoms with Gasteiger partial charge in [0.05, 0.1) is 22.0 Å². The SMILES string of the molecule is CCCCc1nc2ccc(Br)cc2c(=O)n1N=Cc1c(OCc2ccc([N+](=O)[O-])cc2)ccc2ccccc12. The van der Waals surface area contributed by atoms with Gasteiger partial charge in [0.15, 0.2) is 0 Å². The third-order valence-corrected chi connectivity index (χ3v) is 6.90. The minimum absolute atomic E-state index is 0.0256. The van der Waals surface area contributed by atoms with E-state index in [9.17, 15) is 14.9 Å². The Kier molecular flexibility index (Phi) is 7.79. The summed E-state index contributed by atoms with van der Waals surface area (Å²) in [4.78, 5) is 28.8. The summed E-state index contributed by atoms with van der Waals surface area (Å²) in [7, 11) is 0. The van der Waals surface area contributed by atoms with Crippen molar-refractivity contribution in [2.45, 2.75) is 32.8 Å². The highest BCUT2D eigenvalue weighted by molar-refractivity contribution is 9.10. The normalized spacial score (nSPS) is 11.4. The van der Waals surface area contributed by atoms with E-state index in [1.165, 1.54) is 16.8 Å². The van der Waals surface area contributed by atoms with Crippen LogP contribution in [-0.2, 0) is 13.0 Å². The van der Waals surface area contributed by atoms with Crippen molar-refractivity contribution in [3.63, 3.8) is 0 Å². The van der Waals surface area contributed by atoms with Gasteiger partial charge in [-0.25, -0.2) is 4.98 Å². The quantitative estimate of drug-likeness (QED) is 0.105. The largest absolute Gasteiger partial charge is 0.488 e. The van der Waals surface area contributed by atoms with Gasteiger partial charge in [-0.1, -0.05) is 59.6 Å². The summed E-state index contributed by atoms with van der Waals surface area (Å²) in [5.74, 6) is 1.18. The molecule has 5 aromatic rings. The number of nitrogens with zero attached hydrogens (tertiary/aromatic N) is 4. The van der Waals surface area contributed by atoms with Crippen LogP contribution in [0.3, 0.4) is 0 Å². The van der Waals surface area contributed by atoms with Crippen LogP contribution in [0.25, 0.3) is 21.7 Å². The average Bonchev–Trinajstić information content (AvgIpc) is 2.95. The summed E-state index contributed by atoms with van der Waals surface area (Å²) in [5, 5.41) is 18.0. The van der Waals surface area contributed by atoms with Gasteiger partial charge in [-0.15, -0.1) is 0 Å². The minimum atomic E-state index is -0.431. The number of hydrogen-bond acceptors (Lipinski definition) is 6. The third kappa shape index (κ3) is 5.73. The van der Waals surface area contributed by atoms with Crippen molar-refractivity contribution < 1.29 is 9.66 Å². The lowest BCUT2D eigenvalue weighted by molar-refractivity contribution is -0.384. The number of ether oxygens (including phenoxy) is 1. The van der Waals surface area contributed by atoms with Crippen LogP contribution in [0, 0.1) is 10.1 Å². The second-order valence-corrected chi connectivity index (χ2v) is 9.98. The summed E-state index contributed by atoms with van der Waals surface area (Å²) < 4.78 is 8.34. The molecule has 4 aromatic carbocycles. The van der Waals surface area contributed by atoms with Gasteiger partial charge in [0.25, 0.3) is 11.2 Å². The van der Waals surface area contributed by atoms with Crippen molar-refractivity contribution in [2.75, 3.05) is 0 Å². The molecule has 0 saturated heterocycles. The Morgan fingerprint density at radius 3 is 2.62 bits per heavy atom. The van der Waals surface area contributed by atoms with Gasteiger partial charge in [0, 0.05) is 28.6 Å². The smallest absolute Gasteiger partial charge is 0.282 e. The first kappa shape index (κ1) is 26.2. The molecule has 9 heteroatoms. The fraction of sp³-hybridized carbons (Fsp3) is 0.167. The molecule has 0 fully saturated rings. The first-order chi connectivity index (χ1) is 18.9. The van der Waals surface area contributed by atoms with Crippen LogP contribution in [0.1, 0.15) is 36.7 Å². The number of non-ortho nitro benzene ring substituents is 1. The number of halogens is 1. The van der Waals surface area contributed by atoms with Gasteiger partial charge in [0.2, 0.25) is 0 Å². The topological polar surface area (TPSA) is 99.6 Å². The van der Waals surface area contributed by atoms with Crippen molar-refractivity contribution in [3.05, 3.63) is 121 Å². The van der Waals surface area contributed by atoms with Crippen LogP contribution in [-0.4, -0.2) is 20.8 Å². The zero-order valence-electron chi connectivity index (χ0n) is 21.2. The Balaban J connectivity index is 1.57. The number of aromatic nitrogens is 2. The number of nitro benzene ring substituents is 1. The van der Waals surface area contributed by atoms with Crippen molar-refractivity contribution in [2.24, 2.45) is 5.10 Å². The molecule has 0 unspecified atom stereocenters. The molecular formula is C30H25BrN4O4. The molecule has 0 radical (unpaired) electrons. The monoisotopic (exact) mass is 584 g/mol. The number of fused-ring (bicyclic) bond motifs is 2. The van der Waals surface area contributed by atoms with Crippen LogP contribution < -0.4 is 10.3 Å². The van der Waals surface area contributed by atoms with Crippen molar-refractivity contribution in [1.82, 2.24) is 9.66 Å². The maximum atomic E-state index is 13.5. The van der Waals surface area contributed by atoms with E-state index in [1.807, 2.05) is 48.5 Å². The molecule has 0 amide bonds. The van der Waals surface area contributed by atoms with E-state index in [-0.39, 0.29) is 17.9 Å². The Morgan fingerprint density at radius 2 is 1.85 bits per heavy atom. The highest BCUT2D eigenvalue weighted by Crippen LogP contribution is 2.28. The predicted molar refractivity (Wildman–Crippen MR) is 157 cm³/mol. The molecule has 0 atom stereocenters. The highest BCUT2D eigenvalue weighted by Gasteiger charge is 2.13. The number of rotatable bonds is 9. The predicted octanol–water partition coefficient (Wildman–Crippen LogP) is 7.02. The molecule has 0 saturated carbocycles. The van der Waals surface area contributed by atoms with Gasteiger partial charge in [0.1, 0.15) is 18.2 Å². The maximum Gasteiger partial charge on any atom is 0.282 e. The van der Waals surface area contributed by atoms with Crippen molar-refractivity contribution in [3.8, 4) is 5.75 Å². The average molecular weight is 585 g/mol. The first-order valence-electron chi connectivity index (χ1n) is 12.6. The molecule has 8 nitrogen and oxygen atoms in total. The van der Waals surface area contributed by atoms with Crippen LogP contribution in [0.4, 0.5) is 5.69 Å². The number of unbranched alkanes of at least 4 members (excludes halogenated alkanes) is 1. The van der Waals surface area contributed by atoms with Gasteiger partial charge in [-0.3, -0.25) is 14.9 Å². The highest BCUT2D eigenvalue weighted by atomic mass is 79.9. The van der Waals surface area contributed by atoms with Crippen LogP contribution in [0.15, 0.2) is 93.2 Å². The van der Waals surface area contributed by atoms with E-state index in [0.717, 1.165) is 39.2 Å². The fourth-order valence-corrected chi connectivity index (χ4v) is 4.70. The Labute approximate surface area is 232 Å². The molecule has 0 aliphatic carbocycles. The Bertz CT molecular complexity index is 1760. The van der Waals surface area contributed by atoms with Crippen LogP contribution >= 0.6 is 15.9 Å². The zero-order valence-corrected chi connectivity index (χ0v) is 22.8. The van der Waals surface area contributed by atoms with Gasteiger partial charge in [-0.05, 0) is 59.2 Å². The van der Waals surface area contributed by atoms with E-state index in [0.29, 0.717) is 28.9 Å². The lowest BCUT2D eigenvalue weighted by Crippen LogP contribution is -2.22. The van der Waals surface area contributed by atoms with Crippen molar-refractivity contribution >= 4 is 49.5 Å². The minimum Gasteiger partial charge on any atom is -0.488 e. The van der Waals surface area contributed by atoms with E-state index >= 15 is 0 Å².